The Labute approximate surface area is 104 Å². The lowest BCUT2D eigenvalue weighted by Crippen LogP contribution is -2.50. The van der Waals surface area contributed by atoms with E-state index in [4.69, 9.17) is 21.1 Å². The Morgan fingerprint density at radius 3 is 2.71 bits per heavy atom. The number of hydrogen-bond donors (Lipinski definition) is 1. The highest BCUT2D eigenvalue weighted by atomic mass is 35.5. The molecule has 5 heteroatoms. The van der Waals surface area contributed by atoms with Crippen LogP contribution in [0.3, 0.4) is 0 Å². The van der Waals surface area contributed by atoms with Crippen LogP contribution in [0.2, 0.25) is 5.02 Å². The smallest absolute Gasteiger partial charge is 0.314 e. The molecule has 1 aliphatic rings. The van der Waals surface area contributed by atoms with Gasteiger partial charge in [-0.25, -0.2) is 0 Å². The van der Waals surface area contributed by atoms with Crippen LogP contribution in [0.25, 0.3) is 0 Å². The van der Waals surface area contributed by atoms with Crippen molar-refractivity contribution in [3.05, 3.63) is 28.8 Å². The minimum Gasteiger partial charge on any atom is -0.497 e. The molecule has 0 bridgehead atoms. The zero-order valence-corrected chi connectivity index (χ0v) is 10.2. The van der Waals surface area contributed by atoms with Crippen molar-refractivity contribution in [1.82, 2.24) is 0 Å². The highest BCUT2D eigenvalue weighted by Gasteiger charge is 2.46. The summed E-state index contributed by atoms with van der Waals surface area (Å²) in [6, 6.07) is 5.26. The van der Waals surface area contributed by atoms with Crippen LogP contribution in [0.4, 0.5) is 0 Å². The minimum atomic E-state index is -0.837. The van der Waals surface area contributed by atoms with Crippen molar-refractivity contribution in [3.8, 4) is 5.75 Å². The van der Waals surface area contributed by atoms with Crippen molar-refractivity contribution in [2.24, 2.45) is 5.41 Å². The first-order valence-electron chi connectivity index (χ1n) is 5.21. The number of rotatable bonds is 4. The monoisotopic (exact) mass is 256 g/mol. The number of methoxy groups -OCH3 is 1. The number of hydrogen-bond acceptors (Lipinski definition) is 3. The summed E-state index contributed by atoms with van der Waals surface area (Å²) >= 11 is 6.09. The average Bonchev–Trinajstić information content (AvgIpc) is 2.24. The summed E-state index contributed by atoms with van der Waals surface area (Å²) < 4.78 is 10.1. The first kappa shape index (κ1) is 12.2. The lowest BCUT2D eigenvalue weighted by atomic mass is 9.80. The molecule has 0 atom stereocenters. The molecular formula is C12H13ClO4. The van der Waals surface area contributed by atoms with Crippen LogP contribution in [-0.2, 0) is 16.0 Å². The Morgan fingerprint density at radius 1 is 1.59 bits per heavy atom. The molecule has 0 saturated carbocycles. The van der Waals surface area contributed by atoms with Crippen molar-refractivity contribution in [2.45, 2.75) is 6.42 Å². The second-order valence-electron chi connectivity index (χ2n) is 4.21. The third-order valence-corrected chi connectivity index (χ3v) is 3.35. The van der Waals surface area contributed by atoms with Gasteiger partial charge in [-0.2, -0.15) is 0 Å². The largest absolute Gasteiger partial charge is 0.497 e. The number of carbonyl (C=O) groups is 1. The Balaban J connectivity index is 2.21. The summed E-state index contributed by atoms with van der Waals surface area (Å²) in [6.07, 6.45) is 0.380. The fourth-order valence-electron chi connectivity index (χ4n) is 1.81. The van der Waals surface area contributed by atoms with E-state index in [0.717, 1.165) is 5.56 Å². The van der Waals surface area contributed by atoms with Gasteiger partial charge in [0.05, 0.1) is 20.3 Å². The molecule has 0 radical (unpaired) electrons. The highest BCUT2D eigenvalue weighted by molar-refractivity contribution is 6.31. The van der Waals surface area contributed by atoms with E-state index in [-0.39, 0.29) is 13.2 Å². The molecule has 4 nitrogen and oxygen atoms in total. The van der Waals surface area contributed by atoms with Gasteiger partial charge in [-0.1, -0.05) is 17.7 Å². The van der Waals surface area contributed by atoms with Gasteiger partial charge in [-0.15, -0.1) is 0 Å². The fraction of sp³-hybridized carbons (Fsp3) is 0.417. The number of carboxylic acids is 1. The zero-order valence-electron chi connectivity index (χ0n) is 9.40. The molecule has 1 saturated heterocycles. The molecule has 1 N–H and O–H groups in total. The molecule has 0 aromatic heterocycles. The second kappa shape index (κ2) is 4.55. The molecule has 0 spiro atoms. The third kappa shape index (κ3) is 2.23. The Morgan fingerprint density at radius 2 is 2.29 bits per heavy atom. The summed E-state index contributed by atoms with van der Waals surface area (Å²) in [5, 5.41) is 9.71. The summed E-state index contributed by atoms with van der Waals surface area (Å²) in [6.45, 7) is 0.482. The maximum Gasteiger partial charge on any atom is 0.314 e. The molecular weight excluding hydrogens is 244 g/mol. The van der Waals surface area contributed by atoms with Crippen molar-refractivity contribution in [3.63, 3.8) is 0 Å². The van der Waals surface area contributed by atoms with Crippen LogP contribution in [0, 0.1) is 5.41 Å². The van der Waals surface area contributed by atoms with E-state index >= 15 is 0 Å². The predicted octanol–water partition coefficient (Wildman–Crippen LogP) is 1.99. The van der Waals surface area contributed by atoms with Crippen molar-refractivity contribution in [1.29, 1.82) is 0 Å². The normalized spacial score (nSPS) is 17.3. The maximum atomic E-state index is 11.2. The number of carboxylic acid groups (broad SMARTS) is 1. The molecule has 1 aromatic rings. The fourth-order valence-corrected chi connectivity index (χ4v) is 2.05. The van der Waals surface area contributed by atoms with E-state index in [9.17, 15) is 9.90 Å². The van der Waals surface area contributed by atoms with E-state index in [1.54, 1.807) is 25.3 Å². The molecule has 0 unspecified atom stereocenters. The van der Waals surface area contributed by atoms with Gasteiger partial charge in [0, 0.05) is 5.02 Å². The SMILES string of the molecule is COc1ccc(CC2(C(=O)O)COC2)c(Cl)c1. The molecule has 2 rings (SSSR count). The summed E-state index contributed by atoms with van der Waals surface area (Å²) in [5.41, 5.74) is -0.0173. The van der Waals surface area contributed by atoms with Gasteiger partial charge in [-0.3, -0.25) is 4.79 Å². The van der Waals surface area contributed by atoms with Gasteiger partial charge in [0.1, 0.15) is 11.2 Å². The molecule has 0 aliphatic carbocycles. The number of aliphatic carboxylic acids is 1. The quantitative estimate of drug-likeness (QED) is 0.895. The van der Waals surface area contributed by atoms with E-state index in [1.807, 2.05) is 0 Å². The van der Waals surface area contributed by atoms with E-state index in [0.29, 0.717) is 17.2 Å². The summed E-state index contributed by atoms with van der Waals surface area (Å²) in [4.78, 5) is 11.2. The Bertz CT molecular complexity index is 440. The van der Waals surface area contributed by atoms with Crippen LogP contribution < -0.4 is 4.74 Å². The van der Waals surface area contributed by atoms with Crippen LogP contribution >= 0.6 is 11.6 Å². The Kier molecular flexibility index (Phi) is 3.26. The average molecular weight is 257 g/mol. The van der Waals surface area contributed by atoms with Crippen molar-refractivity contribution < 1.29 is 19.4 Å². The summed E-state index contributed by atoms with van der Waals surface area (Å²) in [7, 11) is 1.56. The van der Waals surface area contributed by atoms with Crippen LogP contribution in [0.15, 0.2) is 18.2 Å². The Hall–Kier alpha value is -1.26. The predicted molar refractivity (Wildman–Crippen MR) is 62.6 cm³/mol. The maximum absolute atomic E-state index is 11.2. The number of halogens is 1. The van der Waals surface area contributed by atoms with Crippen LogP contribution in [-0.4, -0.2) is 31.4 Å². The van der Waals surface area contributed by atoms with Crippen LogP contribution in [0.1, 0.15) is 5.56 Å². The van der Waals surface area contributed by atoms with Gasteiger partial charge in [0.2, 0.25) is 0 Å². The molecule has 0 amide bonds. The molecule has 1 heterocycles. The van der Waals surface area contributed by atoms with E-state index in [1.165, 1.54) is 0 Å². The van der Waals surface area contributed by atoms with Gasteiger partial charge >= 0.3 is 5.97 Å². The first-order chi connectivity index (χ1) is 8.07. The van der Waals surface area contributed by atoms with E-state index in [2.05, 4.69) is 0 Å². The zero-order chi connectivity index (χ0) is 12.5. The first-order valence-corrected chi connectivity index (χ1v) is 5.59. The van der Waals surface area contributed by atoms with Gasteiger partial charge in [0.25, 0.3) is 0 Å². The molecule has 1 fully saturated rings. The minimum absolute atomic E-state index is 0.241. The van der Waals surface area contributed by atoms with Crippen molar-refractivity contribution >= 4 is 17.6 Å². The highest BCUT2D eigenvalue weighted by Crippen LogP contribution is 2.35. The van der Waals surface area contributed by atoms with Crippen molar-refractivity contribution in [2.75, 3.05) is 20.3 Å². The second-order valence-corrected chi connectivity index (χ2v) is 4.62. The summed E-state index contributed by atoms with van der Waals surface area (Å²) in [5.74, 6) is -0.177. The third-order valence-electron chi connectivity index (χ3n) is 3.00. The lowest BCUT2D eigenvalue weighted by Gasteiger charge is -2.37. The van der Waals surface area contributed by atoms with Gasteiger partial charge in [-0.05, 0) is 24.1 Å². The lowest BCUT2D eigenvalue weighted by molar-refractivity contribution is -0.179. The topological polar surface area (TPSA) is 55.8 Å². The molecule has 92 valence electrons. The molecule has 1 aliphatic heterocycles. The molecule has 1 aromatic carbocycles. The van der Waals surface area contributed by atoms with E-state index < -0.39 is 11.4 Å². The number of ether oxygens (including phenoxy) is 2. The number of benzene rings is 1. The standard InChI is InChI=1S/C12H13ClO4/c1-16-9-3-2-8(10(13)4-9)5-12(11(14)15)6-17-7-12/h2-4H,5-7H2,1H3,(H,14,15). The van der Waals surface area contributed by atoms with Gasteiger partial charge in [0.15, 0.2) is 0 Å². The van der Waals surface area contributed by atoms with Gasteiger partial charge < -0.3 is 14.6 Å². The molecule has 17 heavy (non-hydrogen) atoms. The van der Waals surface area contributed by atoms with Crippen LogP contribution in [0.5, 0.6) is 5.75 Å².